The van der Waals surface area contributed by atoms with Gasteiger partial charge in [0.2, 0.25) is 0 Å². The number of hydrogen-bond acceptors (Lipinski definition) is 6. The van der Waals surface area contributed by atoms with Crippen LogP contribution >= 0.6 is 23.5 Å². The number of piperidine rings is 1. The summed E-state index contributed by atoms with van der Waals surface area (Å²) in [6.07, 6.45) is 1.68. The molecule has 1 aliphatic heterocycles. The maximum Gasteiger partial charge on any atom is 0.263 e. The molecule has 1 N–H and O–H groups in total. The van der Waals surface area contributed by atoms with Crippen molar-refractivity contribution in [3.63, 3.8) is 0 Å². The van der Waals surface area contributed by atoms with Crippen molar-refractivity contribution in [1.82, 2.24) is 9.62 Å². The van der Waals surface area contributed by atoms with Crippen LogP contribution in [0.4, 0.5) is 0 Å². The van der Waals surface area contributed by atoms with Crippen LogP contribution in [0.25, 0.3) is 0 Å². The van der Waals surface area contributed by atoms with Crippen molar-refractivity contribution < 1.29 is 14.3 Å². The molecule has 0 atom stereocenters. The SMILES string of the molecule is CC(C)(Oc1ccc(C(=O)c2ccc(Cl)cc2)cc1)C(=O)NC1CCN(Sc2ccc(C#N)cc2)CC1. The topological polar surface area (TPSA) is 82.4 Å². The van der Waals surface area contributed by atoms with Crippen LogP contribution in [0.1, 0.15) is 48.2 Å². The minimum Gasteiger partial charge on any atom is -0.478 e. The van der Waals surface area contributed by atoms with Crippen LogP contribution in [-0.4, -0.2) is 40.7 Å². The molecule has 0 bridgehead atoms. The largest absolute Gasteiger partial charge is 0.478 e. The quantitative estimate of drug-likeness (QED) is 0.287. The third-order valence-electron chi connectivity index (χ3n) is 6.15. The van der Waals surface area contributed by atoms with E-state index in [2.05, 4.69) is 15.7 Å². The van der Waals surface area contributed by atoms with Gasteiger partial charge in [-0.25, -0.2) is 4.31 Å². The number of nitriles is 1. The zero-order valence-electron chi connectivity index (χ0n) is 20.7. The Hall–Kier alpha value is -3.31. The lowest BCUT2D eigenvalue weighted by molar-refractivity contribution is -0.135. The second-order valence-corrected chi connectivity index (χ2v) is 11.0. The molecule has 1 heterocycles. The number of halogens is 1. The number of carbonyl (C=O) groups excluding carboxylic acids is 2. The summed E-state index contributed by atoms with van der Waals surface area (Å²) in [5, 5.41) is 12.7. The van der Waals surface area contributed by atoms with Gasteiger partial charge in [0, 0.05) is 40.2 Å². The van der Waals surface area contributed by atoms with E-state index in [0.717, 1.165) is 30.8 Å². The van der Waals surface area contributed by atoms with Crippen molar-refractivity contribution in [2.45, 2.75) is 43.2 Å². The number of nitrogens with zero attached hydrogens (tertiary/aromatic N) is 2. The fraction of sp³-hybridized carbons (Fsp3) is 0.276. The van der Waals surface area contributed by atoms with E-state index in [9.17, 15) is 9.59 Å². The highest BCUT2D eigenvalue weighted by atomic mass is 35.5. The van der Waals surface area contributed by atoms with E-state index in [1.54, 1.807) is 74.3 Å². The number of ketones is 1. The summed E-state index contributed by atoms with van der Waals surface area (Å²) in [7, 11) is 0. The average molecular weight is 534 g/mol. The van der Waals surface area contributed by atoms with Crippen LogP contribution < -0.4 is 10.1 Å². The van der Waals surface area contributed by atoms with E-state index < -0.39 is 5.60 Å². The summed E-state index contributed by atoms with van der Waals surface area (Å²) >= 11 is 7.58. The molecule has 1 aliphatic rings. The van der Waals surface area contributed by atoms with Crippen molar-refractivity contribution in [2.75, 3.05) is 13.1 Å². The van der Waals surface area contributed by atoms with Crippen molar-refractivity contribution in [3.05, 3.63) is 94.5 Å². The third kappa shape index (κ3) is 7.14. The number of ether oxygens (including phenoxy) is 1. The molecule has 0 aromatic heterocycles. The first-order valence-corrected chi connectivity index (χ1v) is 13.2. The molecule has 3 aromatic rings. The van der Waals surface area contributed by atoms with E-state index in [1.807, 2.05) is 24.3 Å². The second-order valence-electron chi connectivity index (χ2n) is 9.38. The highest BCUT2D eigenvalue weighted by Gasteiger charge is 2.32. The molecule has 1 fully saturated rings. The van der Waals surface area contributed by atoms with Gasteiger partial charge in [-0.15, -0.1) is 0 Å². The number of carbonyl (C=O) groups is 2. The third-order valence-corrected chi connectivity index (χ3v) is 7.51. The Morgan fingerprint density at radius 1 is 0.973 bits per heavy atom. The molecule has 0 radical (unpaired) electrons. The van der Waals surface area contributed by atoms with Crippen LogP contribution in [0.5, 0.6) is 5.75 Å². The Kier molecular flexibility index (Phi) is 8.55. The summed E-state index contributed by atoms with van der Waals surface area (Å²) in [4.78, 5) is 26.8. The van der Waals surface area contributed by atoms with Gasteiger partial charge in [0.1, 0.15) is 5.75 Å². The van der Waals surface area contributed by atoms with E-state index >= 15 is 0 Å². The van der Waals surface area contributed by atoms with Crippen molar-refractivity contribution in [2.24, 2.45) is 0 Å². The van der Waals surface area contributed by atoms with Gasteiger partial charge >= 0.3 is 0 Å². The normalized spacial score (nSPS) is 14.5. The minimum atomic E-state index is -1.07. The molecule has 8 heteroatoms. The van der Waals surface area contributed by atoms with Gasteiger partial charge in [-0.05, 0) is 111 Å². The maximum atomic E-state index is 13.0. The van der Waals surface area contributed by atoms with Crippen LogP contribution in [0, 0.1) is 11.3 Å². The fourth-order valence-corrected chi connectivity index (χ4v) is 5.05. The fourth-order valence-electron chi connectivity index (χ4n) is 3.97. The molecule has 3 aromatic carbocycles. The lowest BCUT2D eigenvalue weighted by Gasteiger charge is -2.33. The van der Waals surface area contributed by atoms with Crippen molar-refractivity contribution in [3.8, 4) is 11.8 Å². The lowest BCUT2D eigenvalue weighted by atomic mass is 10.0. The van der Waals surface area contributed by atoms with Gasteiger partial charge in [0.25, 0.3) is 5.91 Å². The van der Waals surface area contributed by atoms with Gasteiger partial charge in [-0.1, -0.05) is 11.6 Å². The standard InChI is InChI=1S/C29H28ClN3O3S/c1-29(2,36-25-11-7-22(8-12-25)27(34)21-5-9-23(30)10-6-21)28(35)32-24-15-17-33(18-16-24)37-26-13-3-20(19-31)4-14-26/h3-14,24H,15-18H2,1-2H3,(H,32,35). The van der Waals surface area contributed by atoms with Crippen LogP contribution in [0.3, 0.4) is 0 Å². The summed E-state index contributed by atoms with van der Waals surface area (Å²) in [5.74, 6) is 0.234. The van der Waals surface area contributed by atoms with Gasteiger partial charge < -0.3 is 10.1 Å². The molecular weight excluding hydrogens is 506 g/mol. The number of hydrogen-bond donors (Lipinski definition) is 1. The lowest BCUT2D eigenvalue weighted by Crippen LogP contribution is -2.52. The summed E-state index contributed by atoms with van der Waals surface area (Å²) < 4.78 is 8.28. The Labute approximate surface area is 226 Å². The summed E-state index contributed by atoms with van der Waals surface area (Å²) in [5.41, 5.74) is 0.662. The van der Waals surface area contributed by atoms with Crippen molar-refractivity contribution >= 4 is 35.2 Å². The first-order valence-electron chi connectivity index (χ1n) is 12.1. The first kappa shape index (κ1) is 26.7. The van der Waals surface area contributed by atoms with Gasteiger partial charge in [-0.3, -0.25) is 9.59 Å². The Morgan fingerprint density at radius 2 is 1.54 bits per heavy atom. The zero-order valence-corrected chi connectivity index (χ0v) is 22.3. The molecule has 190 valence electrons. The monoisotopic (exact) mass is 533 g/mol. The molecule has 4 rings (SSSR count). The van der Waals surface area contributed by atoms with Crippen LogP contribution in [-0.2, 0) is 4.79 Å². The molecule has 0 aliphatic carbocycles. The Bertz CT molecular complexity index is 1280. The first-order chi connectivity index (χ1) is 17.7. The smallest absolute Gasteiger partial charge is 0.263 e. The molecule has 0 spiro atoms. The Morgan fingerprint density at radius 3 is 2.11 bits per heavy atom. The number of benzene rings is 3. The number of nitrogens with one attached hydrogen (secondary N) is 1. The number of amides is 1. The Balaban J connectivity index is 1.26. The highest BCUT2D eigenvalue weighted by Crippen LogP contribution is 2.27. The van der Waals surface area contributed by atoms with Gasteiger partial charge in [0.05, 0.1) is 11.6 Å². The molecular formula is C29H28ClN3O3S. The van der Waals surface area contributed by atoms with Gasteiger partial charge in [0.15, 0.2) is 11.4 Å². The minimum absolute atomic E-state index is 0.0764. The average Bonchev–Trinajstić information content (AvgIpc) is 2.90. The van der Waals surface area contributed by atoms with Crippen molar-refractivity contribution in [1.29, 1.82) is 5.26 Å². The molecule has 0 saturated carbocycles. The van der Waals surface area contributed by atoms with Gasteiger partial charge in [-0.2, -0.15) is 5.26 Å². The van der Waals surface area contributed by atoms with Crippen LogP contribution in [0.15, 0.2) is 77.7 Å². The van der Waals surface area contributed by atoms with E-state index in [0.29, 0.717) is 27.5 Å². The van der Waals surface area contributed by atoms with Crippen LogP contribution in [0.2, 0.25) is 5.02 Å². The molecule has 1 saturated heterocycles. The second kappa shape index (κ2) is 11.8. The molecule has 0 unspecified atom stereocenters. The zero-order chi connectivity index (χ0) is 26.4. The summed E-state index contributed by atoms with van der Waals surface area (Å²) in [6.45, 7) is 5.18. The molecule has 1 amide bonds. The predicted octanol–water partition coefficient (Wildman–Crippen LogP) is 5.89. The molecule has 37 heavy (non-hydrogen) atoms. The van der Waals surface area contributed by atoms with E-state index in [-0.39, 0.29) is 17.7 Å². The predicted molar refractivity (Wildman–Crippen MR) is 146 cm³/mol. The summed E-state index contributed by atoms with van der Waals surface area (Å²) in [6, 6.07) is 23.3. The number of rotatable bonds is 8. The van der Waals surface area contributed by atoms with E-state index in [4.69, 9.17) is 21.6 Å². The molecule has 6 nitrogen and oxygen atoms in total. The van der Waals surface area contributed by atoms with E-state index in [1.165, 1.54) is 0 Å². The highest BCUT2D eigenvalue weighted by molar-refractivity contribution is 7.97. The maximum absolute atomic E-state index is 13.0.